The molecule has 102 valence electrons. The van der Waals surface area contributed by atoms with E-state index in [1.54, 1.807) is 0 Å². The molecule has 1 N–H and O–H groups in total. The second-order valence-electron chi connectivity index (χ2n) is 5.42. The first-order valence-corrected chi connectivity index (χ1v) is 7.04. The average molecular weight is 251 g/mol. The van der Waals surface area contributed by atoms with Gasteiger partial charge in [0.1, 0.15) is 5.76 Å². The predicted octanol–water partition coefficient (Wildman–Crippen LogP) is 2.02. The Balaban J connectivity index is 1.87. The molecule has 1 aliphatic heterocycles. The van der Waals surface area contributed by atoms with Crippen LogP contribution in [0.15, 0.2) is 10.6 Å². The highest BCUT2D eigenvalue weighted by molar-refractivity contribution is 5.01. The summed E-state index contributed by atoms with van der Waals surface area (Å²) in [7, 11) is 1.96. The van der Waals surface area contributed by atoms with Gasteiger partial charge in [-0.3, -0.25) is 0 Å². The summed E-state index contributed by atoms with van der Waals surface area (Å²) in [5, 5.41) is 3.13. The van der Waals surface area contributed by atoms with Crippen LogP contribution in [0, 0.1) is 0 Å². The highest BCUT2D eigenvalue weighted by Gasteiger charge is 2.25. The van der Waals surface area contributed by atoms with E-state index in [-0.39, 0.29) is 0 Å². The number of hydrogen-bond acceptors (Lipinski definition) is 4. The van der Waals surface area contributed by atoms with Gasteiger partial charge >= 0.3 is 0 Å². The number of aromatic nitrogens is 1. The SMILES string of the molecule is CNCCc1cnc(C2CCN(C(C)C)CC2)o1. The quantitative estimate of drug-likeness (QED) is 0.869. The summed E-state index contributed by atoms with van der Waals surface area (Å²) < 4.78 is 5.85. The highest BCUT2D eigenvalue weighted by Crippen LogP contribution is 2.28. The monoisotopic (exact) mass is 251 g/mol. The van der Waals surface area contributed by atoms with Crippen LogP contribution < -0.4 is 5.32 Å². The van der Waals surface area contributed by atoms with Gasteiger partial charge in [0.25, 0.3) is 0 Å². The fraction of sp³-hybridized carbons (Fsp3) is 0.786. The summed E-state index contributed by atoms with van der Waals surface area (Å²) in [5.41, 5.74) is 0. The smallest absolute Gasteiger partial charge is 0.197 e. The fourth-order valence-electron chi connectivity index (χ4n) is 2.54. The Labute approximate surface area is 110 Å². The molecule has 18 heavy (non-hydrogen) atoms. The number of piperidine rings is 1. The van der Waals surface area contributed by atoms with Crippen LogP contribution in [0.1, 0.15) is 44.3 Å². The van der Waals surface area contributed by atoms with E-state index < -0.39 is 0 Å². The maximum Gasteiger partial charge on any atom is 0.197 e. The summed E-state index contributed by atoms with van der Waals surface area (Å²) in [4.78, 5) is 6.98. The van der Waals surface area contributed by atoms with E-state index in [9.17, 15) is 0 Å². The molecule has 4 nitrogen and oxygen atoms in total. The Morgan fingerprint density at radius 2 is 2.17 bits per heavy atom. The van der Waals surface area contributed by atoms with Crippen molar-refractivity contribution in [3.63, 3.8) is 0 Å². The minimum Gasteiger partial charge on any atom is -0.445 e. The van der Waals surface area contributed by atoms with Crippen molar-refractivity contribution in [1.29, 1.82) is 0 Å². The summed E-state index contributed by atoms with van der Waals surface area (Å²) in [5.74, 6) is 2.47. The molecule has 1 aromatic rings. The topological polar surface area (TPSA) is 41.3 Å². The van der Waals surface area contributed by atoms with E-state index >= 15 is 0 Å². The zero-order valence-electron chi connectivity index (χ0n) is 11.8. The fourth-order valence-corrected chi connectivity index (χ4v) is 2.54. The largest absolute Gasteiger partial charge is 0.445 e. The van der Waals surface area contributed by atoms with Gasteiger partial charge in [0.2, 0.25) is 0 Å². The molecule has 0 atom stereocenters. The van der Waals surface area contributed by atoms with E-state index in [2.05, 4.69) is 29.0 Å². The number of rotatable bonds is 5. The lowest BCUT2D eigenvalue weighted by Crippen LogP contribution is -2.37. The van der Waals surface area contributed by atoms with Crippen LogP contribution in [0.3, 0.4) is 0 Å². The lowest BCUT2D eigenvalue weighted by atomic mass is 9.96. The first-order chi connectivity index (χ1) is 8.70. The lowest BCUT2D eigenvalue weighted by molar-refractivity contribution is 0.162. The number of oxazole rings is 1. The van der Waals surface area contributed by atoms with Crippen molar-refractivity contribution in [2.24, 2.45) is 0 Å². The molecule has 2 heterocycles. The molecule has 0 saturated carbocycles. The van der Waals surface area contributed by atoms with Crippen molar-refractivity contribution in [2.75, 3.05) is 26.7 Å². The maximum absolute atomic E-state index is 5.85. The molecule has 0 radical (unpaired) electrons. The van der Waals surface area contributed by atoms with Gasteiger partial charge in [-0.05, 0) is 46.8 Å². The molecule has 4 heteroatoms. The molecular weight excluding hydrogens is 226 g/mol. The van der Waals surface area contributed by atoms with E-state index in [1.807, 2.05) is 13.2 Å². The first kappa shape index (κ1) is 13.6. The van der Waals surface area contributed by atoms with Crippen LogP contribution in [-0.2, 0) is 6.42 Å². The van der Waals surface area contributed by atoms with Crippen LogP contribution in [-0.4, -0.2) is 42.6 Å². The van der Waals surface area contributed by atoms with Gasteiger partial charge in [0.05, 0.1) is 6.20 Å². The third kappa shape index (κ3) is 3.33. The average Bonchev–Trinajstić information content (AvgIpc) is 2.85. The van der Waals surface area contributed by atoms with Crippen LogP contribution in [0.5, 0.6) is 0 Å². The van der Waals surface area contributed by atoms with Crippen molar-refractivity contribution in [3.8, 4) is 0 Å². The third-order valence-electron chi connectivity index (χ3n) is 3.80. The van der Waals surface area contributed by atoms with Gasteiger partial charge < -0.3 is 14.6 Å². The molecule has 0 spiro atoms. The summed E-state index contributed by atoms with van der Waals surface area (Å²) >= 11 is 0. The van der Waals surface area contributed by atoms with Crippen LogP contribution in [0.4, 0.5) is 0 Å². The van der Waals surface area contributed by atoms with Gasteiger partial charge in [0, 0.05) is 24.9 Å². The van der Waals surface area contributed by atoms with E-state index in [4.69, 9.17) is 4.42 Å². The lowest BCUT2D eigenvalue weighted by Gasteiger charge is -2.33. The number of nitrogens with one attached hydrogen (secondary N) is 1. The Bertz CT molecular complexity index is 354. The van der Waals surface area contributed by atoms with Crippen molar-refractivity contribution < 1.29 is 4.42 Å². The van der Waals surface area contributed by atoms with Crippen LogP contribution in [0.25, 0.3) is 0 Å². The molecule has 1 fully saturated rings. The van der Waals surface area contributed by atoms with Crippen LogP contribution >= 0.6 is 0 Å². The van der Waals surface area contributed by atoms with Crippen LogP contribution in [0.2, 0.25) is 0 Å². The minimum absolute atomic E-state index is 0.517. The zero-order valence-corrected chi connectivity index (χ0v) is 11.8. The molecule has 0 aliphatic carbocycles. The van der Waals surface area contributed by atoms with E-state index in [0.29, 0.717) is 12.0 Å². The van der Waals surface area contributed by atoms with Gasteiger partial charge in [-0.2, -0.15) is 0 Å². The Hall–Kier alpha value is -0.870. The third-order valence-corrected chi connectivity index (χ3v) is 3.80. The normalized spacial score (nSPS) is 18.7. The molecule has 0 unspecified atom stereocenters. The number of nitrogens with zero attached hydrogens (tertiary/aromatic N) is 2. The van der Waals surface area contributed by atoms with E-state index in [1.165, 1.54) is 12.8 Å². The standard InChI is InChI=1S/C14H25N3O/c1-11(2)17-8-5-12(6-9-17)14-16-10-13(18-14)4-7-15-3/h10-12,15H,4-9H2,1-3H3. The van der Waals surface area contributed by atoms with Crippen molar-refractivity contribution in [1.82, 2.24) is 15.2 Å². The van der Waals surface area contributed by atoms with Gasteiger partial charge in [-0.15, -0.1) is 0 Å². The molecule has 1 saturated heterocycles. The van der Waals surface area contributed by atoms with Gasteiger partial charge in [-0.1, -0.05) is 0 Å². The van der Waals surface area contributed by atoms with Gasteiger partial charge in [0.15, 0.2) is 5.89 Å². The van der Waals surface area contributed by atoms with Crippen molar-refractivity contribution in [2.45, 2.75) is 45.1 Å². The van der Waals surface area contributed by atoms with Gasteiger partial charge in [-0.25, -0.2) is 4.98 Å². The minimum atomic E-state index is 0.517. The molecule has 2 rings (SSSR count). The molecule has 0 aromatic carbocycles. The predicted molar refractivity (Wildman–Crippen MR) is 72.8 cm³/mol. The second kappa shape index (κ2) is 6.34. The van der Waals surface area contributed by atoms with Crippen molar-refractivity contribution in [3.05, 3.63) is 17.8 Å². The molecular formula is C14H25N3O. The Kier molecular flexibility index (Phi) is 4.78. The zero-order chi connectivity index (χ0) is 13.0. The summed E-state index contributed by atoms with van der Waals surface area (Å²) in [6, 6.07) is 0.654. The summed E-state index contributed by atoms with van der Waals surface area (Å²) in [6.45, 7) is 7.80. The molecule has 1 aromatic heterocycles. The van der Waals surface area contributed by atoms with E-state index in [0.717, 1.165) is 37.7 Å². The first-order valence-electron chi connectivity index (χ1n) is 7.04. The number of likely N-dealkylation sites (tertiary alicyclic amines) is 1. The van der Waals surface area contributed by atoms with Crippen molar-refractivity contribution >= 4 is 0 Å². The molecule has 1 aliphatic rings. The highest BCUT2D eigenvalue weighted by atomic mass is 16.4. The number of likely N-dealkylation sites (N-methyl/N-ethyl adjacent to an activating group) is 1. The Morgan fingerprint density at radius 3 is 2.78 bits per heavy atom. The molecule has 0 bridgehead atoms. The summed E-state index contributed by atoms with van der Waals surface area (Å²) in [6.07, 6.45) is 5.16. The Morgan fingerprint density at radius 1 is 1.44 bits per heavy atom. The molecule has 0 amide bonds. The maximum atomic E-state index is 5.85. The number of hydrogen-bond donors (Lipinski definition) is 1. The second-order valence-corrected chi connectivity index (χ2v) is 5.42.